The molecular formula is C15H31N3O. The van der Waals surface area contributed by atoms with E-state index in [0.717, 1.165) is 6.54 Å². The number of carbonyl (C=O) groups excluding carboxylic acids is 1. The quantitative estimate of drug-likeness (QED) is 0.797. The summed E-state index contributed by atoms with van der Waals surface area (Å²) in [5.74, 6) is 0.604. The van der Waals surface area contributed by atoms with Crippen LogP contribution in [0.15, 0.2) is 0 Å². The molecule has 112 valence electrons. The molecule has 0 aromatic heterocycles. The van der Waals surface area contributed by atoms with Gasteiger partial charge in [0.25, 0.3) is 0 Å². The number of hydrogen-bond donors (Lipinski definition) is 2. The van der Waals surface area contributed by atoms with Crippen molar-refractivity contribution >= 4 is 5.91 Å². The Morgan fingerprint density at radius 1 is 1.37 bits per heavy atom. The molecule has 0 aromatic carbocycles. The van der Waals surface area contributed by atoms with Crippen molar-refractivity contribution in [3.05, 3.63) is 0 Å². The third-order valence-electron chi connectivity index (χ3n) is 4.03. The van der Waals surface area contributed by atoms with Crippen molar-refractivity contribution in [2.75, 3.05) is 26.2 Å². The van der Waals surface area contributed by atoms with Crippen LogP contribution in [0.4, 0.5) is 0 Å². The molecule has 1 aliphatic rings. The minimum absolute atomic E-state index is 0.0107. The molecule has 19 heavy (non-hydrogen) atoms. The number of nitrogens with one attached hydrogen (secondary N) is 1. The highest BCUT2D eigenvalue weighted by Gasteiger charge is 2.28. The van der Waals surface area contributed by atoms with Crippen LogP contribution in [0.5, 0.6) is 0 Å². The van der Waals surface area contributed by atoms with Gasteiger partial charge in [0, 0.05) is 6.54 Å². The number of nitrogens with zero attached hydrogens (tertiary/aromatic N) is 1. The van der Waals surface area contributed by atoms with Crippen molar-refractivity contribution in [1.29, 1.82) is 0 Å². The average Bonchev–Trinajstić information content (AvgIpc) is 2.36. The average molecular weight is 269 g/mol. The molecule has 1 amide bonds. The molecule has 1 saturated heterocycles. The Bertz CT molecular complexity index is 278. The second kappa shape index (κ2) is 7.25. The van der Waals surface area contributed by atoms with Crippen molar-refractivity contribution < 1.29 is 4.79 Å². The van der Waals surface area contributed by atoms with Crippen LogP contribution in [0.3, 0.4) is 0 Å². The predicted octanol–water partition coefficient (Wildman–Crippen LogP) is 1.60. The number of piperidine rings is 1. The Morgan fingerprint density at radius 3 is 2.42 bits per heavy atom. The first kappa shape index (κ1) is 16.4. The van der Waals surface area contributed by atoms with Gasteiger partial charge in [0.2, 0.25) is 5.91 Å². The van der Waals surface area contributed by atoms with Gasteiger partial charge < -0.3 is 16.0 Å². The van der Waals surface area contributed by atoms with E-state index in [1.54, 1.807) is 0 Å². The van der Waals surface area contributed by atoms with Crippen molar-refractivity contribution in [2.45, 2.75) is 53.0 Å². The van der Waals surface area contributed by atoms with Crippen LogP contribution in [-0.4, -0.2) is 43.0 Å². The summed E-state index contributed by atoms with van der Waals surface area (Å²) in [5.41, 5.74) is 5.78. The van der Waals surface area contributed by atoms with E-state index in [9.17, 15) is 4.79 Å². The van der Waals surface area contributed by atoms with Gasteiger partial charge in [0.05, 0.1) is 6.04 Å². The lowest BCUT2D eigenvalue weighted by Crippen LogP contribution is -2.50. The summed E-state index contributed by atoms with van der Waals surface area (Å²) in [4.78, 5) is 14.5. The van der Waals surface area contributed by atoms with Crippen LogP contribution in [0.25, 0.3) is 0 Å². The first-order chi connectivity index (χ1) is 8.84. The summed E-state index contributed by atoms with van der Waals surface area (Å²) < 4.78 is 0. The molecule has 0 saturated carbocycles. The fraction of sp³-hybridized carbons (Fsp3) is 0.933. The third-order valence-corrected chi connectivity index (χ3v) is 4.03. The third kappa shape index (κ3) is 5.49. The second-order valence-corrected chi connectivity index (χ2v) is 6.87. The smallest absolute Gasteiger partial charge is 0.237 e. The Hall–Kier alpha value is -0.610. The molecule has 0 radical (unpaired) electrons. The summed E-state index contributed by atoms with van der Waals surface area (Å²) in [6.07, 6.45) is 3.60. The predicted molar refractivity (Wildman–Crippen MR) is 79.9 cm³/mol. The van der Waals surface area contributed by atoms with E-state index in [4.69, 9.17) is 5.73 Å². The van der Waals surface area contributed by atoms with E-state index < -0.39 is 6.04 Å². The maximum atomic E-state index is 12.0. The molecule has 0 unspecified atom stereocenters. The summed E-state index contributed by atoms with van der Waals surface area (Å²) in [5, 5.41) is 3.02. The molecule has 1 heterocycles. The van der Waals surface area contributed by atoms with Gasteiger partial charge in [0.15, 0.2) is 0 Å². The Morgan fingerprint density at radius 2 is 1.95 bits per heavy atom. The Balaban J connectivity index is 2.25. The highest BCUT2D eigenvalue weighted by molar-refractivity contribution is 5.82. The van der Waals surface area contributed by atoms with Crippen LogP contribution >= 0.6 is 0 Å². The number of likely N-dealkylation sites (tertiary alicyclic amines) is 1. The highest BCUT2D eigenvalue weighted by Crippen LogP contribution is 2.19. The number of amides is 1. The summed E-state index contributed by atoms with van der Waals surface area (Å²) >= 11 is 0. The van der Waals surface area contributed by atoms with Gasteiger partial charge >= 0.3 is 0 Å². The van der Waals surface area contributed by atoms with E-state index in [2.05, 4.69) is 17.1 Å². The SMILES string of the molecule is CCCN1CCC(CNC(=O)[C@@H](N)C(C)(C)C)CC1. The lowest BCUT2D eigenvalue weighted by atomic mass is 9.86. The fourth-order valence-corrected chi connectivity index (χ4v) is 2.48. The second-order valence-electron chi connectivity index (χ2n) is 6.87. The lowest BCUT2D eigenvalue weighted by Gasteiger charge is -2.32. The van der Waals surface area contributed by atoms with E-state index in [1.807, 2.05) is 20.8 Å². The number of hydrogen-bond acceptors (Lipinski definition) is 3. The monoisotopic (exact) mass is 269 g/mol. The van der Waals surface area contributed by atoms with E-state index in [0.29, 0.717) is 5.92 Å². The van der Waals surface area contributed by atoms with Crippen LogP contribution in [-0.2, 0) is 4.79 Å². The molecule has 1 rings (SSSR count). The minimum Gasteiger partial charge on any atom is -0.354 e. The van der Waals surface area contributed by atoms with Gasteiger partial charge in [-0.2, -0.15) is 0 Å². The largest absolute Gasteiger partial charge is 0.354 e. The van der Waals surface area contributed by atoms with Crippen molar-refractivity contribution in [1.82, 2.24) is 10.2 Å². The maximum absolute atomic E-state index is 12.0. The normalized spacial score (nSPS) is 20.3. The molecule has 1 atom stereocenters. The number of nitrogens with two attached hydrogens (primary N) is 1. The zero-order valence-electron chi connectivity index (χ0n) is 13.0. The standard InChI is InChI=1S/C15H31N3O/c1-5-8-18-9-6-12(7-10-18)11-17-14(19)13(16)15(2,3)4/h12-13H,5-11,16H2,1-4H3,(H,17,19)/t13-/m1/s1. The first-order valence-electron chi connectivity index (χ1n) is 7.60. The molecular weight excluding hydrogens is 238 g/mol. The molecule has 1 aliphatic heterocycles. The van der Waals surface area contributed by atoms with E-state index >= 15 is 0 Å². The van der Waals surface area contributed by atoms with Crippen molar-refractivity contribution in [2.24, 2.45) is 17.1 Å². The molecule has 0 bridgehead atoms. The Kier molecular flexibility index (Phi) is 6.27. The number of carbonyl (C=O) groups is 1. The van der Waals surface area contributed by atoms with Crippen LogP contribution in [0.1, 0.15) is 47.0 Å². The van der Waals surface area contributed by atoms with Crippen LogP contribution < -0.4 is 11.1 Å². The van der Waals surface area contributed by atoms with Crippen molar-refractivity contribution in [3.63, 3.8) is 0 Å². The topological polar surface area (TPSA) is 58.4 Å². The Labute approximate surface area is 118 Å². The minimum atomic E-state index is -0.423. The number of rotatable bonds is 5. The maximum Gasteiger partial charge on any atom is 0.237 e. The highest BCUT2D eigenvalue weighted by atomic mass is 16.2. The zero-order valence-corrected chi connectivity index (χ0v) is 13.0. The van der Waals surface area contributed by atoms with E-state index in [1.165, 1.54) is 38.9 Å². The molecule has 0 spiro atoms. The first-order valence-corrected chi connectivity index (χ1v) is 7.60. The molecule has 4 nitrogen and oxygen atoms in total. The molecule has 3 N–H and O–H groups in total. The summed E-state index contributed by atoms with van der Waals surface area (Å²) in [6.45, 7) is 12.5. The molecule has 0 aromatic rings. The molecule has 4 heteroatoms. The van der Waals surface area contributed by atoms with Gasteiger partial charge in [0.1, 0.15) is 0 Å². The van der Waals surface area contributed by atoms with Crippen molar-refractivity contribution in [3.8, 4) is 0 Å². The fourth-order valence-electron chi connectivity index (χ4n) is 2.48. The van der Waals surface area contributed by atoms with Crippen LogP contribution in [0, 0.1) is 11.3 Å². The molecule has 1 fully saturated rings. The van der Waals surface area contributed by atoms with Gasteiger partial charge in [-0.3, -0.25) is 4.79 Å². The summed E-state index contributed by atoms with van der Waals surface area (Å²) in [6, 6.07) is -0.423. The summed E-state index contributed by atoms with van der Waals surface area (Å²) in [7, 11) is 0. The van der Waals surface area contributed by atoms with Gasteiger partial charge in [-0.25, -0.2) is 0 Å². The lowest BCUT2D eigenvalue weighted by molar-refractivity contribution is -0.124. The zero-order chi connectivity index (χ0) is 14.5. The van der Waals surface area contributed by atoms with E-state index in [-0.39, 0.29) is 11.3 Å². The van der Waals surface area contributed by atoms with Crippen LogP contribution in [0.2, 0.25) is 0 Å². The van der Waals surface area contributed by atoms with Gasteiger partial charge in [-0.15, -0.1) is 0 Å². The molecule has 0 aliphatic carbocycles. The van der Waals surface area contributed by atoms with Gasteiger partial charge in [-0.05, 0) is 50.2 Å². The van der Waals surface area contributed by atoms with Gasteiger partial charge in [-0.1, -0.05) is 27.7 Å².